The fourth-order valence-electron chi connectivity index (χ4n) is 1.57. The molecule has 0 saturated carbocycles. The summed E-state index contributed by atoms with van der Waals surface area (Å²) in [4.78, 5) is 21.3. The molecule has 0 aromatic carbocycles. The van der Waals surface area contributed by atoms with Crippen LogP contribution in [0.5, 0.6) is 0 Å². The van der Waals surface area contributed by atoms with Crippen LogP contribution < -0.4 is 0 Å². The van der Waals surface area contributed by atoms with Gasteiger partial charge in [0.1, 0.15) is 12.7 Å². The van der Waals surface area contributed by atoms with Crippen LogP contribution in [0.2, 0.25) is 0 Å². The third-order valence-corrected chi connectivity index (χ3v) is 2.22. The number of carbonyl (C=O) groups excluding carboxylic acids is 2. The molecule has 0 spiro atoms. The third kappa shape index (κ3) is 3.87. The molecule has 1 aliphatic rings. The molecule has 3 unspecified atom stereocenters. The van der Waals surface area contributed by atoms with Gasteiger partial charge in [-0.25, -0.2) is 0 Å². The zero-order valence-electron chi connectivity index (χ0n) is 9.19. The zero-order valence-corrected chi connectivity index (χ0v) is 9.19. The highest BCUT2D eigenvalue weighted by Gasteiger charge is 2.34. The first kappa shape index (κ1) is 12.0. The van der Waals surface area contributed by atoms with Crippen LogP contribution in [0, 0.1) is 0 Å². The molecule has 1 aliphatic heterocycles. The Morgan fingerprint density at radius 3 is 2.53 bits per heavy atom. The van der Waals surface area contributed by atoms with E-state index in [2.05, 4.69) is 0 Å². The van der Waals surface area contributed by atoms with E-state index >= 15 is 0 Å². The van der Waals surface area contributed by atoms with Gasteiger partial charge in [0.25, 0.3) is 0 Å². The summed E-state index contributed by atoms with van der Waals surface area (Å²) in [5.74, 6) is -0.647. The number of hydrogen-bond donors (Lipinski definition) is 0. The number of ether oxygens (including phenoxy) is 3. The van der Waals surface area contributed by atoms with E-state index in [9.17, 15) is 9.59 Å². The van der Waals surface area contributed by atoms with Gasteiger partial charge in [-0.05, 0) is 6.92 Å². The first-order valence-corrected chi connectivity index (χ1v) is 4.95. The summed E-state index contributed by atoms with van der Waals surface area (Å²) in [6.07, 6.45) is 0.0272. The minimum absolute atomic E-state index is 0.144. The predicted octanol–water partition coefficient (Wildman–Crippen LogP) is 0.659. The van der Waals surface area contributed by atoms with Crippen LogP contribution in [0.3, 0.4) is 0 Å². The van der Waals surface area contributed by atoms with E-state index in [1.54, 1.807) is 0 Å². The Morgan fingerprint density at radius 1 is 1.33 bits per heavy atom. The lowest BCUT2D eigenvalue weighted by Gasteiger charge is -2.12. The number of carbonyl (C=O) groups is 2. The molecule has 1 rings (SSSR count). The highest BCUT2D eigenvalue weighted by atomic mass is 16.6. The molecule has 86 valence electrons. The summed E-state index contributed by atoms with van der Waals surface area (Å²) >= 11 is 0. The molecular weight excluding hydrogens is 200 g/mol. The monoisotopic (exact) mass is 216 g/mol. The first-order valence-electron chi connectivity index (χ1n) is 4.95. The van der Waals surface area contributed by atoms with Crippen LogP contribution in [-0.4, -0.2) is 36.9 Å². The lowest BCUT2D eigenvalue weighted by Crippen LogP contribution is -2.23. The van der Waals surface area contributed by atoms with Gasteiger partial charge >= 0.3 is 11.9 Å². The van der Waals surface area contributed by atoms with Crippen molar-refractivity contribution in [2.45, 2.75) is 45.5 Å². The van der Waals surface area contributed by atoms with Crippen LogP contribution in [0.4, 0.5) is 0 Å². The molecule has 1 saturated heterocycles. The summed E-state index contributed by atoms with van der Waals surface area (Å²) in [6, 6.07) is 0. The summed E-state index contributed by atoms with van der Waals surface area (Å²) in [5, 5.41) is 0. The molecule has 5 nitrogen and oxygen atoms in total. The average Bonchev–Trinajstić information content (AvgIpc) is 2.43. The van der Waals surface area contributed by atoms with Crippen molar-refractivity contribution in [1.82, 2.24) is 0 Å². The van der Waals surface area contributed by atoms with Gasteiger partial charge in [-0.1, -0.05) is 0 Å². The van der Waals surface area contributed by atoms with Crippen LogP contribution in [0.15, 0.2) is 0 Å². The Labute approximate surface area is 88.7 Å². The van der Waals surface area contributed by atoms with Crippen molar-refractivity contribution >= 4 is 11.9 Å². The van der Waals surface area contributed by atoms with Crippen molar-refractivity contribution in [3.8, 4) is 0 Å². The summed E-state index contributed by atoms with van der Waals surface area (Å²) in [5.41, 5.74) is 0. The smallest absolute Gasteiger partial charge is 0.302 e. The van der Waals surface area contributed by atoms with E-state index in [1.807, 2.05) is 6.92 Å². The minimum Gasteiger partial charge on any atom is -0.463 e. The van der Waals surface area contributed by atoms with Gasteiger partial charge in [0.15, 0.2) is 0 Å². The summed E-state index contributed by atoms with van der Waals surface area (Å²) < 4.78 is 15.3. The SMILES string of the molecule is CC(=O)OCC1CC(OC(C)=O)C(C)O1. The van der Waals surface area contributed by atoms with Gasteiger partial charge < -0.3 is 14.2 Å². The molecule has 0 N–H and O–H groups in total. The molecule has 0 aromatic heterocycles. The molecular formula is C10H16O5. The van der Waals surface area contributed by atoms with E-state index in [0.29, 0.717) is 6.42 Å². The fourth-order valence-corrected chi connectivity index (χ4v) is 1.57. The molecule has 0 amide bonds. The number of rotatable bonds is 3. The standard InChI is InChI=1S/C10H16O5/c1-6-10(15-8(3)12)4-9(14-6)5-13-7(2)11/h6,9-10H,4-5H2,1-3H3. The summed E-state index contributed by atoms with van der Waals surface area (Å²) in [7, 11) is 0. The normalized spacial score (nSPS) is 29.9. The van der Waals surface area contributed by atoms with Gasteiger partial charge in [0.2, 0.25) is 0 Å². The Hall–Kier alpha value is -1.10. The highest BCUT2D eigenvalue weighted by molar-refractivity contribution is 5.66. The molecule has 0 aromatic rings. The molecule has 3 atom stereocenters. The quantitative estimate of drug-likeness (QED) is 0.648. The van der Waals surface area contributed by atoms with Crippen LogP contribution in [0.25, 0.3) is 0 Å². The second kappa shape index (κ2) is 5.11. The van der Waals surface area contributed by atoms with Crippen molar-refractivity contribution in [1.29, 1.82) is 0 Å². The number of esters is 2. The van der Waals surface area contributed by atoms with Crippen LogP contribution >= 0.6 is 0 Å². The zero-order chi connectivity index (χ0) is 11.4. The maximum absolute atomic E-state index is 10.8. The summed E-state index contributed by atoms with van der Waals surface area (Å²) in [6.45, 7) is 4.77. The van der Waals surface area contributed by atoms with Gasteiger partial charge in [-0.2, -0.15) is 0 Å². The Kier molecular flexibility index (Phi) is 4.08. The molecule has 0 bridgehead atoms. The van der Waals surface area contributed by atoms with Crippen molar-refractivity contribution in [2.75, 3.05) is 6.61 Å². The second-order valence-corrected chi connectivity index (χ2v) is 3.65. The predicted molar refractivity (Wildman–Crippen MR) is 51.1 cm³/mol. The maximum Gasteiger partial charge on any atom is 0.302 e. The molecule has 0 radical (unpaired) electrons. The maximum atomic E-state index is 10.8. The molecule has 1 heterocycles. The van der Waals surface area contributed by atoms with Gasteiger partial charge in [-0.3, -0.25) is 9.59 Å². The highest BCUT2D eigenvalue weighted by Crippen LogP contribution is 2.23. The largest absolute Gasteiger partial charge is 0.463 e. The fraction of sp³-hybridized carbons (Fsp3) is 0.800. The van der Waals surface area contributed by atoms with Gasteiger partial charge in [0, 0.05) is 20.3 Å². The van der Waals surface area contributed by atoms with Crippen molar-refractivity contribution < 1.29 is 23.8 Å². The minimum atomic E-state index is -0.331. The molecule has 15 heavy (non-hydrogen) atoms. The lowest BCUT2D eigenvalue weighted by atomic mass is 10.1. The van der Waals surface area contributed by atoms with Crippen molar-refractivity contribution in [3.63, 3.8) is 0 Å². The topological polar surface area (TPSA) is 61.8 Å². The van der Waals surface area contributed by atoms with Crippen molar-refractivity contribution in [3.05, 3.63) is 0 Å². The molecule has 5 heteroatoms. The van der Waals surface area contributed by atoms with Crippen LogP contribution in [-0.2, 0) is 23.8 Å². The van der Waals surface area contributed by atoms with E-state index in [1.165, 1.54) is 13.8 Å². The van der Waals surface area contributed by atoms with E-state index in [0.717, 1.165) is 0 Å². The van der Waals surface area contributed by atoms with Gasteiger partial charge in [0.05, 0.1) is 12.2 Å². The van der Waals surface area contributed by atoms with Gasteiger partial charge in [-0.15, -0.1) is 0 Å². The third-order valence-electron chi connectivity index (χ3n) is 2.22. The first-order chi connectivity index (χ1) is 6.99. The Balaban J connectivity index is 2.34. The Morgan fingerprint density at radius 2 is 2.00 bits per heavy atom. The lowest BCUT2D eigenvalue weighted by molar-refractivity contribution is -0.148. The van der Waals surface area contributed by atoms with Crippen molar-refractivity contribution in [2.24, 2.45) is 0 Å². The molecule has 0 aliphatic carbocycles. The Bertz CT molecular complexity index is 250. The second-order valence-electron chi connectivity index (χ2n) is 3.65. The van der Waals surface area contributed by atoms with E-state index in [-0.39, 0.29) is 36.9 Å². The van der Waals surface area contributed by atoms with Crippen LogP contribution in [0.1, 0.15) is 27.2 Å². The van der Waals surface area contributed by atoms with E-state index < -0.39 is 0 Å². The number of hydrogen-bond acceptors (Lipinski definition) is 5. The average molecular weight is 216 g/mol. The molecule has 1 fully saturated rings. The van der Waals surface area contributed by atoms with E-state index in [4.69, 9.17) is 14.2 Å².